The number of benzene rings is 2. The van der Waals surface area contributed by atoms with E-state index in [0.29, 0.717) is 29.0 Å². The summed E-state index contributed by atoms with van der Waals surface area (Å²) in [5, 5.41) is 14.7. The first-order valence-electron chi connectivity index (χ1n) is 11.9. The zero-order valence-electron chi connectivity index (χ0n) is 19.8. The van der Waals surface area contributed by atoms with Crippen molar-refractivity contribution < 1.29 is 24.2 Å². The number of carbonyl (C=O) groups is 3. The van der Waals surface area contributed by atoms with Crippen LogP contribution < -0.4 is 5.32 Å². The molecule has 6 nitrogen and oxygen atoms in total. The third kappa shape index (κ3) is 5.62. The van der Waals surface area contributed by atoms with Gasteiger partial charge in [-0.2, -0.15) is 0 Å². The fraction of sp³-hybridized carbons (Fsp3) is 0.321. The Morgan fingerprint density at radius 1 is 0.914 bits per heavy atom. The van der Waals surface area contributed by atoms with E-state index in [4.69, 9.17) is 4.74 Å². The van der Waals surface area contributed by atoms with Gasteiger partial charge in [0.2, 0.25) is 5.91 Å². The van der Waals surface area contributed by atoms with Crippen molar-refractivity contribution in [3.63, 3.8) is 0 Å². The van der Waals surface area contributed by atoms with Crippen molar-refractivity contribution in [2.75, 3.05) is 5.32 Å². The van der Waals surface area contributed by atoms with Gasteiger partial charge < -0.3 is 15.2 Å². The highest BCUT2D eigenvalue weighted by atomic mass is 32.1. The predicted octanol–water partition coefficient (Wildman–Crippen LogP) is 6.48. The van der Waals surface area contributed by atoms with Crippen LogP contribution in [0.3, 0.4) is 0 Å². The van der Waals surface area contributed by atoms with Crippen LogP contribution in [0.1, 0.15) is 49.9 Å². The highest BCUT2D eigenvalue weighted by molar-refractivity contribution is 7.15. The average molecular weight is 492 g/mol. The second-order valence-electron chi connectivity index (χ2n) is 9.08. The van der Waals surface area contributed by atoms with Gasteiger partial charge in [0.15, 0.2) is 0 Å². The predicted molar refractivity (Wildman–Crippen MR) is 137 cm³/mol. The summed E-state index contributed by atoms with van der Waals surface area (Å²) < 4.78 is 5.50. The van der Waals surface area contributed by atoms with E-state index in [9.17, 15) is 19.5 Å². The number of aliphatic carboxylic acids is 1. The van der Waals surface area contributed by atoms with Gasteiger partial charge in [-0.05, 0) is 43.4 Å². The van der Waals surface area contributed by atoms with Gasteiger partial charge in [-0.25, -0.2) is 4.79 Å². The summed E-state index contributed by atoms with van der Waals surface area (Å²) in [4.78, 5) is 37.9. The Labute approximate surface area is 209 Å². The Bertz CT molecular complexity index is 1200. The number of hydrogen-bond acceptors (Lipinski definition) is 5. The number of carboxylic acids is 1. The summed E-state index contributed by atoms with van der Waals surface area (Å²) >= 11 is 1.25. The van der Waals surface area contributed by atoms with E-state index in [1.165, 1.54) is 11.3 Å². The van der Waals surface area contributed by atoms with Gasteiger partial charge in [0.05, 0.1) is 17.9 Å². The standard InChI is InChI=1S/C28H29NO5S/c1-17(2)34-28(33)24-23(20-14-12-19(13-15-20)18-8-4-3-5-9-18)16-35-26(24)29-25(30)21-10-6-7-11-22(21)27(31)32/h3-5,8-9,12-17,21-22H,6-7,10-11H2,1-2H3,(H,29,30)(H,31,32). The van der Waals surface area contributed by atoms with Crippen LogP contribution in [0.4, 0.5) is 5.00 Å². The molecule has 0 aliphatic heterocycles. The number of ether oxygens (including phenoxy) is 1. The molecule has 2 atom stereocenters. The first-order chi connectivity index (χ1) is 16.8. The van der Waals surface area contributed by atoms with E-state index in [2.05, 4.69) is 5.32 Å². The molecule has 4 rings (SSSR count). The Morgan fingerprint density at radius 3 is 2.14 bits per heavy atom. The summed E-state index contributed by atoms with van der Waals surface area (Å²) in [6.45, 7) is 3.55. The fourth-order valence-electron chi connectivity index (χ4n) is 4.56. The molecule has 182 valence electrons. The van der Waals surface area contributed by atoms with Crippen LogP contribution in [0, 0.1) is 11.8 Å². The van der Waals surface area contributed by atoms with Crippen LogP contribution in [0.15, 0.2) is 60.0 Å². The lowest BCUT2D eigenvalue weighted by molar-refractivity contribution is -0.147. The number of esters is 1. The molecule has 7 heteroatoms. The zero-order chi connectivity index (χ0) is 24.9. The van der Waals surface area contributed by atoms with E-state index >= 15 is 0 Å². The molecule has 2 aromatic carbocycles. The van der Waals surface area contributed by atoms with Crippen molar-refractivity contribution in [1.82, 2.24) is 0 Å². The molecule has 0 bridgehead atoms. The lowest BCUT2D eigenvalue weighted by atomic mass is 9.79. The van der Waals surface area contributed by atoms with Crippen molar-refractivity contribution in [2.24, 2.45) is 11.8 Å². The summed E-state index contributed by atoms with van der Waals surface area (Å²) in [6, 6.07) is 17.9. The molecule has 0 saturated heterocycles. The van der Waals surface area contributed by atoms with E-state index < -0.39 is 23.8 Å². The molecular formula is C28H29NO5S. The monoisotopic (exact) mass is 491 g/mol. The van der Waals surface area contributed by atoms with E-state index in [1.54, 1.807) is 13.8 Å². The van der Waals surface area contributed by atoms with Crippen molar-refractivity contribution in [3.8, 4) is 22.3 Å². The van der Waals surface area contributed by atoms with E-state index in [0.717, 1.165) is 29.5 Å². The highest BCUT2D eigenvalue weighted by Gasteiger charge is 2.36. The maximum Gasteiger partial charge on any atom is 0.342 e. The number of rotatable bonds is 7. The Hall–Kier alpha value is -3.45. The molecule has 1 fully saturated rings. The minimum atomic E-state index is -0.949. The number of carbonyl (C=O) groups excluding carboxylic acids is 2. The minimum absolute atomic E-state index is 0.298. The van der Waals surface area contributed by atoms with E-state index in [-0.39, 0.29) is 12.0 Å². The van der Waals surface area contributed by atoms with Gasteiger partial charge in [-0.15, -0.1) is 11.3 Å². The van der Waals surface area contributed by atoms with Gasteiger partial charge in [-0.1, -0.05) is 67.4 Å². The number of carboxylic acid groups (broad SMARTS) is 1. The fourth-order valence-corrected chi connectivity index (χ4v) is 5.52. The molecule has 0 spiro atoms. The Kier molecular flexibility index (Phi) is 7.66. The molecular weight excluding hydrogens is 462 g/mol. The second kappa shape index (κ2) is 10.9. The third-order valence-corrected chi connectivity index (χ3v) is 7.19. The van der Waals surface area contributed by atoms with Gasteiger partial charge in [0, 0.05) is 10.9 Å². The number of hydrogen-bond donors (Lipinski definition) is 2. The zero-order valence-corrected chi connectivity index (χ0v) is 20.6. The van der Waals surface area contributed by atoms with Gasteiger partial charge in [-0.3, -0.25) is 9.59 Å². The molecule has 1 heterocycles. The SMILES string of the molecule is CC(C)OC(=O)c1c(-c2ccc(-c3ccccc3)cc2)csc1NC(=O)C1CCCCC1C(=O)O. The van der Waals surface area contributed by atoms with E-state index in [1.807, 2.05) is 60.0 Å². The molecule has 1 amide bonds. The van der Waals surface area contributed by atoms with Crippen LogP contribution in [0.25, 0.3) is 22.3 Å². The lowest BCUT2D eigenvalue weighted by Crippen LogP contribution is -2.36. The first kappa shape index (κ1) is 24.7. The smallest absolute Gasteiger partial charge is 0.342 e. The molecule has 1 saturated carbocycles. The Balaban J connectivity index is 1.65. The minimum Gasteiger partial charge on any atom is -0.481 e. The van der Waals surface area contributed by atoms with Gasteiger partial charge in [0.1, 0.15) is 10.6 Å². The van der Waals surface area contributed by atoms with Crippen molar-refractivity contribution in [1.29, 1.82) is 0 Å². The van der Waals surface area contributed by atoms with Crippen molar-refractivity contribution >= 4 is 34.2 Å². The molecule has 1 aliphatic carbocycles. The van der Waals surface area contributed by atoms with Crippen LogP contribution in [-0.4, -0.2) is 29.1 Å². The quantitative estimate of drug-likeness (QED) is 0.369. The number of anilines is 1. The third-order valence-electron chi connectivity index (χ3n) is 6.30. The summed E-state index contributed by atoms with van der Waals surface area (Å²) in [6.07, 6.45) is 2.30. The van der Waals surface area contributed by atoms with Gasteiger partial charge in [0.25, 0.3) is 0 Å². The summed E-state index contributed by atoms with van der Waals surface area (Å²) in [7, 11) is 0. The van der Waals surface area contributed by atoms with Crippen molar-refractivity contribution in [3.05, 3.63) is 65.5 Å². The number of amides is 1. The second-order valence-corrected chi connectivity index (χ2v) is 9.96. The molecule has 3 aromatic rings. The lowest BCUT2D eigenvalue weighted by Gasteiger charge is -2.27. The van der Waals surface area contributed by atoms with Crippen LogP contribution >= 0.6 is 11.3 Å². The van der Waals surface area contributed by atoms with Crippen LogP contribution in [-0.2, 0) is 14.3 Å². The van der Waals surface area contributed by atoms with Crippen molar-refractivity contribution in [2.45, 2.75) is 45.6 Å². The molecule has 2 unspecified atom stereocenters. The maximum atomic E-state index is 13.1. The maximum absolute atomic E-state index is 13.1. The molecule has 1 aromatic heterocycles. The summed E-state index contributed by atoms with van der Waals surface area (Å²) in [5.41, 5.74) is 3.96. The Morgan fingerprint density at radius 2 is 1.51 bits per heavy atom. The van der Waals surface area contributed by atoms with Gasteiger partial charge >= 0.3 is 11.9 Å². The topological polar surface area (TPSA) is 92.7 Å². The molecule has 35 heavy (non-hydrogen) atoms. The molecule has 1 aliphatic rings. The highest BCUT2D eigenvalue weighted by Crippen LogP contribution is 2.39. The normalized spacial score (nSPS) is 17.7. The number of thiophene rings is 1. The van der Waals surface area contributed by atoms with Crippen LogP contribution in [0.5, 0.6) is 0 Å². The molecule has 0 radical (unpaired) electrons. The summed E-state index contributed by atoms with van der Waals surface area (Å²) in [5.74, 6) is -3.15. The number of nitrogens with one attached hydrogen (secondary N) is 1. The first-order valence-corrected chi connectivity index (χ1v) is 12.7. The molecule has 2 N–H and O–H groups in total. The van der Waals surface area contributed by atoms with Crippen LogP contribution in [0.2, 0.25) is 0 Å². The largest absolute Gasteiger partial charge is 0.481 e. The average Bonchev–Trinajstić information content (AvgIpc) is 3.27.